The molecule has 3 nitrogen and oxygen atoms in total. The summed E-state index contributed by atoms with van der Waals surface area (Å²) in [5, 5.41) is 5.11. The molecule has 1 N–H and O–H groups in total. The highest BCUT2D eigenvalue weighted by Gasteiger charge is 2.00. The summed E-state index contributed by atoms with van der Waals surface area (Å²) in [6, 6.07) is 0. The lowest BCUT2D eigenvalue weighted by Gasteiger charge is -1.96. The van der Waals surface area contributed by atoms with E-state index < -0.39 is 0 Å². The van der Waals surface area contributed by atoms with Crippen molar-refractivity contribution in [2.45, 2.75) is 6.42 Å². The van der Waals surface area contributed by atoms with Gasteiger partial charge in [0, 0.05) is 18.0 Å². The van der Waals surface area contributed by atoms with E-state index in [0.29, 0.717) is 17.3 Å². The van der Waals surface area contributed by atoms with E-state index >= 15 is 0 Å². The lowest BCUT2D eigenvalue weighted by molar-refractivity contribution is -0.115. The van der Waals surface area contributed by atoms with Gasteiger partial charge in [0.05, 0.1) is 0 Å². The highest BCUT2D eigenvalue weighted by molar-refractivity contribution is 7.80. The molecule has 0 unspecified atom stereocenters. The van der Waals surface area contributed by atoms with Gasteiger partial charge in [-0.05, 0) is 5.75 Å². The third-order valence-electron chi connectivity index (χ3n) is 1.02. The van der Waals surface area contributed by atoms with Gasteiger partial charge in [0.15, 0.2) is 5.13 Å². The molecule has 0 aromatic carbocycles. The fourth-order valence-electron chi connectivity index (χ4n) is 0.568. The van der Waals surface area contributed by atoms with Crippen LogP contribution in [0.4, 0.5) is 5.13 Å². The molecule has 5 heteroatoms. The Balaban J connectivity index is 2.37. The Morgan fingerprint density at radius 3 is 3.18 bits per heavy atom. The maximum Gasteiger partial charge on any atom is 0.226 e. The molecular formula is C6H8N2OS2. The average Bonchev–Trinajstić information content (AvgIpc) is 2.40. The molecule has 1 rings (SSSR count). The van der Waals surface area contributed by atoms with Crippen molar-refractivity contribution in [3.8, 4) is 0 Å². The van der Waals surface area contributed by atoms with Crippen LogP contribution in [0.2, 0.25) is 0 Å². The van der Waals surface area contributed by atoms with Crippen LogP contribution in [0.3, 0.4) is 0 Å². The lowest BCUT2D eigenvalue weighted by atomic mass is 10.5. The zero-order chi connectivity index (χ0) is 8.10. The maximum absolute atomic E-state index is 10.9. The first-order valence-corrected chi connectivity index (χ1v) is 4.64. The number of anilines is 1. The smallest absolute Gasteiger partial charge is 0.226 e. The van der Waals surface area contributed by atoms with Crippen LogP contribution in [0.25, 0.3) is 0 Å². The number of nitrogens with zero attached hydrogens (tertiary/aromatic N) is 1. The number of hydrogen-bond acceptors (Lipinski definition) is 4. The molecule has 60 valence electrons. The Morgan fingerprint density at radius 2 is 2.64 bits per heavy atom. The summed E-state index contributed by atoms with van der Waals surface area (Å²) in [6.45, 7) is 0. The Kier molecular flexibility index (Phi) is 3.38. The zero-order valence-electron chi connectivity index (χ0n) is 5.78. The van der Waals surface area contributed by atoms with Crippen molar-refractivity contribution in [3.05, 3.63) is 11.6 Å². The molecular weight excluding hydrogens is 180 g/mol. The molecule has 1 aromatic rings. The van der Waals surface area contributed by atoms with Gasteiger partial charge < -0.3 is 5.32 Å². The number of carbonyl (C=O) groups is 1. The van der Waals surface area contributed by atoms with Gasteiger partial charge in [0.1, 0.15) is 0 Å². The van der Waals surface area contributed by atoms with Crippen LogP contribution in [0.1, 0.15) is 6.42 Å². The molecule has 0 aliphatic rings. The Hall–Kier alpha value is -0.550. The van der Waals surface area contributed by atoms with E-state index in [1.807, 2.05) is 5.38 Å². The van der Waals surface area contributed by atoms with E-state index in [-0.39, 0.29) is 5.91 Å². The van der Waals surface area contributed by atoms with Crippen LogP contribution in [0, 0.1) is 0 Å². The SMILES string of the molecule is O=C(CCS)Nc1nccs1. The van der Waals surface area contributed by atoms with Gasteiger partial charge in [-0.2, -0.15) is 12.6 Å². The van der Waals surface area contributed by atoms with Crippen molar-refractivity contribution in [2.24, 2.45) is 0 Å². The second kappa shape index (κ2) is 4.35. The minimum absolute atomic E-state index is 0.0325. The summed E-state index contributed by atoms with van der Waals surface area (Å²) < 4.78 is 0. The molecule has 0 atom stereocenters. The van der Waals surface area contributed by atoms with Gasteiger partial charge in [0.25, 0.3) is 0 Å². The minimum Gasteiger partial charge on any atom is -0.302 e. The maximum atomic E-state index is 10.9. The first kappa shape index (κ1) is 8.55. The number of thiazole rings is 1. The molecule has 0 saturated heterocycles. The van der Waals surface area contributed by atoms with E-state index in [1.165, 1.54) is 11.3 Å². The van der Waals surface area contributed by atoms with Gasteiger partial charge in [-0.3, -0.25) is 4.79 Å². The number of aromatic nitrogens is 1. The predicted octanol–water partition coefficient (Wildman–Crippen LogP) is 1.40. The quantitative estimate of drug-likeness (QED) is 0.704. The van der Waals surface area contributed by atoms with Crippen molar-refractivity contribution in [2.75, 3.05) is 11.1 Å². The lowest BCUT2D eigenvalue weighted by Crippen LogP contribution is -2.11. The summed E-state index contributed by atoms with van der Waals surface area (Å²) in [4.78, 5) is 14.8. The average molecular weight is 188 g/mol. The number of thiol groups is 1. The van der Waals surface area contributed by atoms with Crippen molar-refractivity contribution in [1.29, 1.82) is 0 Å². The van der Waals surface area contributed by atoms with Gasteiger partial charge >= 0.3 is 0 Å². The normalized spacial score (nSPS) is 9.55. The Morgan fingerprint density at radius 1 is 1.82 bits per heavy atom. The van der Waals surface area contributed by atoms with E-state index in [0.717, 1.165) is 0 Å². The molecule has 0 bridgehead atoms. The predicted molar refractivity (Wildman–Crippen MR) is 49.2 cm³/mol. The van der Waals surface area contributed by atoms with Crippen LogP contribution in [-0.2, 0) is 4.79 Å². The van der Waals surface area contributed by atoms with Crippen LogP contribution in [-0.4, -0.2) is 16.6 Å². The van der Waals surface area contributed by atoms with Crippen molar-refractivity contribution in [3.63, 3.8) is 0 Å². The summed E-state index contributed by atoms with van der Waals surface area (Å²) >= 11 is 5.34. The van der Waals surface area contributed by atoms with Crippen LogP contribution in [0.5, 0.6) is 0 Å². The summed E-state index contributed by atoms with van der Waals surface area (Å²) in [7, 11) is 0. The molecule has 1 aromatic heterocycles. The van der Waals surface area contributed by atoms with Gasteiger partial charge in [-0.15, -0.1) is 11.3 Å². The van der Waals surface area contributed by atoms with Gasteiger partial charge in [-0.25, -0.2) is 4.98 Å². The Labute approximate surface area is 74.3 Å². The monoisotopic (exact) mass is 188 g/mol. The fraction of sp³-hybridized carbons (Fsp3) is 0.333. The molecule has 0 aliphatic carbocycles. The second-order valence-electron chi connectivity index (χ2n) is 1.86. The van der Waals surface area contributed by atoms with Crippen LogP contribution < -0.4 is 5.32 Å². The first-order chi connectivity index (χ1) is 5.33. The summed E-state index contributed by atoms with van der Waals surface area (Å²) in [5.41, 5.74) is 0. The van der Waals surface area contributed by atoms with E-state index in [9.17, 15) is 4.79 Å². The van der Waals surface area contributed by atoms with Crippen molar-refractivity contribution < 1.29 is 4.79 Å². The highest BCUT2D eigenvalue weighted by atomic mass is 32.1. The molecule has 0 fully saturated rings. The molecule has 0 radical (unpaired) electrons. The number of amides is 1. The fourth-order valence-corrected chi connectivity index (χ4v) is 1.32. The highest BCUT2D eigenvalue weighted by Crippen LogP contribution is 2.10. The van der Waals surface area contributed by atoms with Gasteiger partial charge in [0.2, 0.25) is 5.91 Å². The molecule has 11 heavy (non-hydrogen) atoms. The standard InChI is InChI=1S/C6H8N2OS2/c9-5(1-3-10)8-6-7-2-4-11-6/h2,4,10H,1,3H2,(H,7,8,9). The number of hydrogen-bond donors (Lipinski definition) is 2. The first-order valence-electron chi connectivity index (χ1n) is 3.13. The van der Waals surface area contributed by atoms with Crippen LogP contribution >= 0.6 is 24.0 Å². The minimum atomic E-state index is -0.0325. The third kappa shape index (κ3) is 2.90. The van der Waals surface area contributed by atoms with Crippen molar-refractivity contribution in [1.82, 2.24) is 4.98 Å². The molecule has 0 aliphatic heterocycles. The number of rotatable bonds is 3. The second-order valence-corrected chi connectivity index (χ2v) is 3.20. The van der Waals surface area contributed by atoms with Crippen LogP contribution in [0.15, 0.2) is 11.6 Å². The topological polar surface area (TPSA) is 42.0 Å². The largest absolute Gasteiger partial charge is 0.302 e. The third-order valence-corrected chi connectivity index (χ3v) is 1.93. The van der Waals surface area contributed by atoms with Crippen molar-refractivity contribution >= 4 is 35.0 Å². The van der Waals surface area contributed by atoms with E-state index in [1.54, 1.807) is 6.20 Å². The molecule has 0 spiro atoms. The summed E-state index contributed by atoms with van der Waals surface area (Å²) in [5.74, 6) is 0.534. The molecule has 1 heterocycles. The Bertz CT molecular complexity index is 222. The number of carbonyl (C=O) groups excluding carboxylic acids is 1. The number of nitrogens with one attached hydrogen (secondary N) is 1. The molecule has 1 amide bonds. The van der Waals surface area contributed by atoms with E-state index in [2.05, 4.69) is 22.9 Å². The zero-order valence-corrected chi connectivity index (χ0v) is 7.49. The summed E-state index contributed by atoms with van der Waals surface area (Å²) in [6.07, 6.45) is 2.09. The van der Waals surface area contributed by atoms with Gasteiger partial charge in [-0.1, -0.05) is 0 Å². The van der Waals surface area contributed by atoms with E-state index in [4.69, 9.17) is 0 Å². The molecule has 0 saturated carbocycles.